The van der Waals surface area contributed by atoms with Gasteiger partial charge in [-0.2, -0.15) is 13.2 Å². The van der Waals surface area contributed by atoms with E-state index in [1.54, 1.807) is 0 Å². The van der Waals surface area contributed by atoms with Gasteiger partial charge in [-0.05, 0) is 12.8 Å². The molecule has 1 aromatic rings. The Labute approximate surface area is 122 Å². The zero-order chi connectivity index (χ0) is 15.6. The Bertz CT molecular complexity index is 471. The second-order valence-corrected chi connectivity index (χ2v) is 5.49. The molecule has 2 heterocycles. The Morgan fingerprint density at radius 2 is 1.95 bits per heavy atom. The van der Waals surface area contributed by atoms with Gasteiger partial charge in [0.1, 0.15) is 5.82 Å². The molecule has 0 saturated heterocycles. The van der Waals surface area contributed by atoms with Gasteiger partial charge in [-0.25, -0.2) is 0 Å². The molecule has 2 unspecified atom stereocenters. The molecule has 0 bridgehead atoms. The topological polar surface area (TPSA) is 60.0 Å². The molecular weight excluding hydrogens is 283 g/mol. The number of hydrogen-bond donors (Lipinski definition) is 1. The van der Waals surface area contributed by atoms with Gasteiger partial charge in [0.15, 0.2) is 0 Å². The van der Waals surface area contributed by atoms with Crippen LogP contribution in [0.1, 0.15) is 44.8 Å². The molecule has 0 spiro atoms. The molecule has 5 nitrogen and oxygen atoms in total. The van der Waals surface area contributed by atoms with Crippen LogP contribution in [0.4, 0.5) is 13.2 Å². The first-order valence-corrected chi connectivity index (χ1v) is 7.37. The Hall–Kier alpha value is -1.15. The molecule has 0 amide bonds. The Morgan fingerprint density at radius 3 is 2.52 bits per heavy atom. The van der Waals surface area contributed by atoms with Crippen molar-refractivity contribution in [3.05, 3.63) is 11.6 Å². The van der Waals surface area contributed by atoms with Crippen LogP contribution in [0.3, 0.4) is 0 Å². The average molecular weight is 305 g/mol. The predicted octanol–water partition coefficient (Wildman–Crippen LogP) is 2.02. The van der Waals surface area contributed by atoms with Gasteiger partial charge in [0.25, 0.3) is 0 Å². The van der Waals surface area contributed by atoms with E-state index in [0.29, 0.717) is 18.9 Å². The molecule has 2 rings (SSSR count). The highest BCUT2D eigenvalue weighted by Gasteiger charge is 2.40. The molecule has 1 aliphatic rings. The lowest BCUT2D eigenvalue weighted by Crippen LogP contribution is -2.50. The molecule has 0 aromatic carbocycles. The molecule has 21 heavy (non-hydrogen) atoms. The van der Waals surface area contributed by atoms with Crippen LogP contribution < -0.4 is 5.73 Å². The van der Waals surface area contributed by atoms with E-state index in [4.69, 9.17) is 5.73 Å². The summed E-state index contributed by atoms with van der Waals surface area (Å²) < 4.78 is 39.6. The van der Waals surface area contributed by atoms with Crippen molar-refractivity contribution in [3.63, 3.8) is 0 Å². The van der Waals surface area contributed by atoms with E-state index in [1.165, 1.54) is 4.57 Å². The normalized spacial score (nSPS) is 19.3. The summed E-state index contributed by atoms with van der Waals surface area (Å²) in [5, 5.41) is 7.01. The number of aromatic nitrogens is 3. The summed E-state index contributed by atoms with van der Waals surface area (Å²) in [5.41, 5.74) is 6.20. The molecule has 0 fully saturated rings. The van der Waals surface area contributed by atoms with Crippen LogP contribution in [0.2, 0.25) is 0 Å². The number of fused-ring (bicyclic) bond motifs is 1. The van der Waals surface area contributed by atoms with Crippen molar-refractivity contribution in [2.45, 2.75) is 64.5 Å². The lowest BCUT2D eigenvalue weighted by Gasteiger charge is -2.37. The zero-order valence-electron chi connectivity index (χ0n) is 12.4. The summed E-state index contributed by atoms with van der Waals surface area (Å²) in [4.78, 5) is 2.13. The van der Waals surface area contributed by atoms with Crippen LogP contribution in [0.15, 0.2) is 0 Å². The van der Waals surface area contributed by atoms with Crippen LogP contribution in [0.25, 0.3) is 0 Å². The van der Waals surface area contributed by atoms with Crippen LogP contribution in [0, 0.1) is 0 Å². The third-order valence-electron chi connectivity index (χ3n) is 4.04. The largest absolute Gasteiger partial charge is 0.451 e. The zero-order valence-corrected chi connectivity index (χ0v) is 12.4. The third kappa shape index (κ3) is 3.37. The van der Waals surface area contributed by atoms with Crippen molar-refractivity contribution in [1.29, 1.82) is 0 Å². The number of nitrogens with zero attached hydrogens (tertiary/aromatic N) is 4. The van der Waals surface area contributed by atoms with E-state index in [2.05, 4.69) is 28.9 Å². The molecule has 2 N–H and O–H groups in total. The van der Waals surface area contributed by atoms with Gasteiger partial charge in [0, 0.05) is 25.2 Å². The van der Waals surface area contributed by atoms with E-state index < -0.39 is 12.0 Å². The molecular formula is C13H22F3N5. The number of alkyl halides is 3. The van der Waals surface area contributed by atoms with Crippen LogP contribution in [0.5, 0.6) is 0 Å². The van der Waals surface area contributed by atoms with Gasteiger partial charge in [-0.15, -0.1) is 10.2 Å². The Balaban J connectivity index is 2.14. The summed E-state index contributed by atoms with van der Waals surface area (Å²) >= 11 is 0. The standard InChI is InChI=1S/C13H22F3N5/c1-3-5-9(17)10(4-2)20-6-7-21-11(8-20)18-19-12(21)13(14,15)16/h9-10H,3-8,17H2,1-2H3. The molecule has 0 aliphatic carbocycles. The van der Waals surface area contributed by atoms with Crippen LogP contribution >= 0.6 is 0 Å². The number of rotatable bonds is 5. The lowest BCUT2D eigenvalue weighted by molar-refractivity contribution is -0.148. The molecule has 120 valence electrons. The van der Waals surface area contributed by atoms with Gasteiger partial charge < -0.3 is 10.3 Å². The van der Waals surface area contributed by atoms with Crippen LogP contribution in [-0.2, 0) is 19.3 Å². The average Bonchev–Trinajstić information content (AvgIpc) is 2.82. The minimum absolute atomic E-state index is 0.0385. The molecule has 2 atom stereocenters. The van der Waals surface area contributed by atoms with Gasteiger partial charge in [-0.3, -0.25) is 4.90 Å². The lowest BCUT2D eigenvalue weighted by atomic mass is 9.99. The first-order chi connectivity index (χ1) is 9.88. The van der Waals surface area contributed by atoms with Crippen molar-refractivity contribution in [2.24, 2.45) is 5.73 Å². The van der Waals surface area contributed by atoms with E-state index in [1.807, 2.05) is 0 Å². The maximum absolute atomic E-state index is 12.8. The number of hydrogen-bond acceptors (Lipinski definition) is 4. The first kappa shape index (κ1) is 16.2. The fraction of sp³-hybridized carbons (Fsp3) is 0.846. The van der Waals surface area contributed by atoms with Gasteiger partial charge in [0.2, 0.25) is 5.82 Å². The first-order valence-electron chi connectivity index (χ1n) is 7.37. The minimum Gasteiger partial charge on any atom is -0.326 e. The summed E-state index contributed by atoms with van der Waals surface area (Å²) in [6, 6.07) is 0.210. The maximum atomic E-state index is 12.8. The molecule has 8 heteroatoms. The van der Waals surface area contributed by atoms with Gasteiger partial charge in [-0.1, -0.05) is 20.3 Å². The maximum Gasteiger partial charge on any atom is 0.451 e. The highest BCUT2D eigenvalue weighted by Crippen LogP contribution is 2.30. The van der Waals surface area contributed by atoms with Gasteiger partial charge >= 0.3 is 6.18 Å². The van der Waals surface area contributed by atoms with E-state index in [9.17, 15) is 13.2 Å². The summed E-state index contributed by atoms with van der Waals surface area (Å²) in [5.74, 6) is -0.529. The van der Waals surface area contributed by atoms with Crippen molar-refractivity contribution >= 4 is 0 Å². The monoisotopic (exact) mass is 305 g/mol. The Kier molecular flexibility index (Phi) is 4.88. The smallest absolute Gasteiger partial charge is 0.326 e. The minimum atomic E-state index is -4.45. The highest BCUT2D eigenvalue weighted by atomic mass is 19.4. The molecule has 0 radical (unpaired) electrons. The highest BCUT2D eigenvalue weighted by molar-refractivity contribution is 5.03. The number of halogens is 3. The fourth-order valence-electron chi connectivity index (χ4n) is 3.03. The summed E-state index contributed by atoms with van der Waals surface area (Å²) in [6.45, 7) is 5.31. The third-order valence-corrected chi connectivity index (χ3v) is 4.04. The van der Waals surface area contributed by atoms with E-state index >= 15 is 0 Å². The predicted molar refractivity (Wildman–Crippen MR) is 72.4 cm³/mol. The summed E-state index contributed by atoms with van der Waals surface area (Å²) in [6.07, 6.45) is -1.66. The fourth-order valence-corrected chi connectivity index (χ4v) is 3.03. The van der Waals surface area contributed by atoms with E-state index in [-0.39, 0.29) is 18.6 Å². The van der Waals surface area contributed by atoms with Crippen molar-refractivity contribution in [2.75, 3.05) is 6.54 Å². The van der Waals surface area contributed by atoms with Crippen molar-refractivity contribution < 1.29 is 13.2 Å². The van der Waals surface area contributed by atoms with Crippen LogP contribution in [-0.4, -0.2) is 38.3 Å². The second-order valence-electron chi connectivity index (χ2n) is 5.49. The summed E-state index contributed by atoms with van der Waals surface area (Å²) in [7, 11) is 0. The molecule has 1 aromatic heterocycles. The SMILES string of the molecule is CCCC(N)C(CC)N1CCn2c(nnc2C(F)(F)F)C1. The molecule has 1 aliphatic heterocycles. The van der Waals surface area contributed by atoms with Crippen molar-refractivity contribution in [1.82, 2.24) is 19.7 Å². The molecule has 0 saturated carbocycles. The second kappa shape index (κ2) is 6.31. The van der Waals surface area contributed by atoms with Crippen molar-refractivity contribution in [3.8, 4) is 0 Å². The quantitative estimate of drug-likeness (QED) is 0.904. The van der Waals surface area contributed by atoms with E-state index in [0.717, 1.165) is 19.3 Å². The Morgan fingerprint density at radius 1 is 1.24 bits per heavy atom. The number of nitrogens with two attached hydrogens (primary N) is 1. The van der Waals surface area contributed by atoms with Gasteiger partial charge in [0.05, 0.1) is 6.54 Å².